The summed E-state index contributed by atoms with van der Waals surface area (Å²) in [6, 6.07) is 0. The van der Waals surface area contributed by atoms with Crippen molar-refractivity contribution in [3.8, 4) is 0 Å². The molecule has 0 atom stereocenters. The van der Waals surface area contributed by atoms with Crippen LogP contribution in [0, 0.1) is 0 Å². The molecule has 1 aliphatic heterocycles. The number of rotatable bonds is 2. The maximum atomic E-state index is 12.3. The maximum Gasteiger partial charge on any atom is 0.492 e. The summed E-state index contributed by atoms with van der Waals surface area (Å²) in [5, 5.41) is 6.96. The van der Waals surface area contributed by atoms with Crippen molar-refractivity contribution >= 4 is 5.97 Å². The predicted molar refractivity (Wildman–Crippen MR) is 55.0 cm³/mol. The molecule has 0 aliphatic carbocycles. The second kappa shape index (κ2) is 5.74. The summed E-state index contributed by atoms with van der Waals surface area (Å²) in [6.45, 7) is -0.174. The Morgan fingerprint density at radius 1 is 1.14 bits per heavy atom. The van der Waals surface area contributed by atoms with E-state index in [9.17, 15) is 31.1 Å². The van der Waals surface area contributed by atoms with Crippen LogP contribution in [0.5, 0.6) is 0 Å². The summed E-state index contributed by atoms with van der Waals surface area (Å²) in [5.74, 6) is -4.60. The molecule has 0 radical (unpaired) electrons. The molecule has 0 bridgehead atoms. The van der Waals surface area contributed by atoms with Crippen molar-refractivity contribution in [2.75, 3.05) is 13.1 Å². The van der Waals surface area contributed by atoms with Gasteiger partial charge < -0.3 is 9.25 Å². The quantitative estimate of drug-likeness (QED) is 0.774. The van der Waals surface area contributed by atoms with Gasteiger partial charge in [0.1, 0.15) is 0 Å². The van der Waals surface area contributed by atoms with Gasteiger partial charge in [-0.3, -0.25) is 0 Å². The SMILES string of the molecule is O=C(ON1CCC(c2nnc(C(F)(F)F)o2)CC1)C(F)(F)F. The number of nitrogens with zero attached hydrogens (tertiary/aromatic N) is 3. The van der Waals surface area contributed by atoms with E-state index in [1.807, 2.05) is 0 Å². The summed E-state index contributed by atoms with van der Waals surface area (Å²) in [4.78, 5) is 14.8. The highest BCUT2D eigenvalue weighted by Crippen LogP contribution is 2.32. The molecule has 0 saturated carbocycles. The average molecular weight is 333 g/mol. The molecule has 0 amide bonds. The zero-order valence-corrected chi connectivity index (χ0v) is 10.7. The Morgan fingerprint density at radius 2 is 1.73 bits per heavy atom. The molecular formula is C10H9F6N3O3. The second-order valence-corrected chi connectivity index (χ2v) is 4.52. The fourth-order valence-corrected chi connectivity index (χ4v) is 1.88. The van der Waals surface area contributed by atoms with Gasteiger partial charge in [-0.2, -0.15) is 26.3 Å². The molecule has 124 valence electrons. The van der Waals surface area contributed by atoms with Crippen LogP contribution >= 0.6 is 0 Å². The first-order chi connectivity index (χ1) is 10.1. The van der Waals surface area contributed by atoms with Gasteiger partial charge in [-0.25, -0.2) is 4.79 Å². The number of piperidine rings is 1. The van der Waals surface area contributed by atoms with Gasteiger partial charge >= 0.3 is 24.2 Å². The number of hydroxylamine groups is 2. The minimum absolute atomic E-state index is 0.0871. The lowest BCUT2D eigenvalue weighted by Gasteiger charge is -2.28. The Morgan fingerprint density at radius 3 is 2.18 bits per heavy atom. The van der Waals surface area contributed by atoms with Crippen LogP contribution in [-0.4, -0.2) is 40.5 Å². The highest BCUT2D eigenvalue weighted by molar-refractivity contribution is 5.75. The predicted octanol–water partition coefficient (Wildman–Crippen LogP) is 2.29. The normalized spacial score (nSPS) is 18.5. The molecule has 2 rings (SSSR count). The van der Waals surface area contributed by atoms with Gasteiger partial charge in [0.2, 0.25) is 5.89 Å². The number of carbonyl (C=O) groups excluding carboxylic acids is 1. The van der Waals surface area contributed by atoms with E-state index in [1.165, 1.54) is 0 Å². The number of hydrogen-bond donors (Lipinski definition) is 0. The van der Waals surface area contributed by atoms with Gasteiger partial charge in [0.25, 0.3) is 0 Å². The van der Waals surface area contributed by atoms with Crippen molar-refractivity contribution in [2.24, 2.45) is 0 Å². The van der Waals surface area contributed by atoms with Crippen molar-refractivity contribution < 1.29 is 40.4 Å². The summed E-state index contributed by atoms with van der Waals surface area (Å²) >= 11 is 0. The van der Waals surface area contributed by atoms with Gasteiger partial charge in [0, 0.05) is 19.0 Å². The van der Waals surface area contributed by atoms with Crippen LogP contribution in [-0.2, 0) is 15.8 Å². The van der Waals surface area contributed by atoms with Crippen LogP contribution in [0.4, 0.5) is 26.3 Å². The standard InChI is InChI=1S/C10H9F6N3O3/c11-9(12,13)7-18-17-6(21-7)5-1-3-19(4-2-5)22-8(20)10(14,15)16/h5H,1-4H2. The Hall–Kier alpha value is -1.85. The zero-order valence-electron chi connectivity index (χ0n) is 10.7. The first-order valence-electron chi connectivity index (χ1n) is 6.02. The molecule has 0 N–H and O–H groups in total. The summed E-state index contributed by atoms with van der Waals surface area (Å²) in [5.41, 5.74) is 0. The van der Waals surface area contributed by atoms with E-state index < -0.39 is 30.1 Å². The summed E-state index contributed by atoms with van der Waals surface area (Å²) < 4.78 is 77.5. The van der Waals surface area contributed by atoms with Gasteiger partial charge in [-0.1, -0.05) is 0 Å². The molecule has 12 heteroatoms. The Balaban J connectivity index is 1.90. The van der Waals surface area contributed by atoms with Crippen molar-refractivity contribution in [1.82, 2.24) is 15.3 Å². The highest BCUT2D eigenvalue weighted by atomic mass is 19.4. The average Bonchev–Trinajstić information content (AvgIpc) is 2.88. The zero-order chi connectivity index (χ0) is 16.5. The van der Waals surface area contributed by atoms with Crippen molar-refractivity contribution in [3.05, 3.63) is 11.8 Å². The lowest BCUT2D eigenvalue weighted by atomic mass is 9.98. The third-order valence-corrected chi connectivity index (χ3v) is 2.93. The van der Waals surface area contributed by atoms with Crippen LogP contribution in [0.3, 0.4) is 0 Å². The maximum absolute atomic E-state index is 12.3. The van der Waals surface area contributed by atoms with Crippen molar-refractivity contribution in [2.45, 2.75) is 31.1 Å². The topological polar surface area (TPSA) is 68.5 Å². The van der Waals surface area contributed by atoms with E-state index in [0.717, 1.165) is 5.06 Å². The van der Waals surface area contributed by atoms with Crippen LogP contribution in [0.25, 0.3) is 0 Å². The minimum atomic E-state index is -5.11. The Kier molecular flexibility index (Phi) is 4.31. The second-order valence-electron chi connectivity index (χ2n) is 4.52. The third-order valence-electron chi connectivity index (χ3n) is 2.93. The molecule has 1 aromatic rings. The van der Waals surface area contributed by atoms with Crippen molar-refractivity contribution in [3.63, 3.8) is 0 Å². The molecular weight excluding hydrogens is 324 g/mol. The molecule has 0 spiro atoms. The van der Waals surface area contributed by atoms with E-state index in [1.54, 1.807) is 0 Å². The molecule has 1 fully saturated rings. The van der Waals surface area contributed by atoms with Crippen LogP contribution in [0.2, 0.25) is 0 Å². The molecule has 1 aliphatic rings. The number of alkyl halides is 6. The molecule has 1 saturated heterocycles. The van der Waals surface area contributed by atoms with Crippen LogP contribution < -0.4 is 0 Å². The Labute approximate surface area is 119 Å². The van der Waals surface area contributed by atoms with Gasteiger partial charge in [-0.05, 0) is 12.8 Å². The first kappa shape index (κ1) is 16.5. The number of aromatic nitrogens is 2. The van der Waals surface area contributed by atoms with E-state index in [4.69, 9.17) is 0 Å². The molecule has 0 aromatic carbocycles. The fourth-order valence-electron chi connectivity index (χ4n) is 1.88. The smallest absolute Gasteiger partial charge is 0.417 e. The van der Waals surface area contributed by atoms with Crippen LogP contribution in [0.1, 0.15) is 30.5 Å². The lowest BCUT2D eigenvalue weighted by Crippen LogP contribution is -2.39. The third kappa shape index (κ3) is 3.87. The molecule has 6 nitrogen and oxygen atoms in total. The highest BCUT2D eigenvalue weighted by Gasteiger charge is 2.43. The minimum Gasteiger partial charge on any atom is -0.417 e. The summed E-state index contributed by atoms with van der Waals surface area (Å²) in [7, 11) is 0. The van der Waals surface area contributed by atoms with Gasteiger partial charge in [-0.15, -0.1) is 15.3 Å². The van der Waals surface area contributed by atoms with E-state index in [0.29, 0.717) is 0 Å². The monoisotopic (exact) mass is 333 g/mol. The molecule has 0 unspecified atom stereocenters. The lowest BCUT2D eigenvalue weighted by molar-refractivity contribution is -0.241. The molecule has 1 aromatic heterocycles. The number of halogens is 6. The van der Waals surface area contributed by atoms with Crippen LogP contribution in [0.15, 0.2) is 4.42 Å². The first-order valence-corrected chi connectivity index (χ1v) is 6.02. The largest absolute Gasteiger partial charge is 0.492 e. The van der Waals surface area contributed by atoms with Gasteiger partial charge in [0.05, 0.1) is 0 Å². The molecule has 2 heterocycles. The van der Waals surface area contributed by atoms with Crippen molar-refractivity contribution in [1.29, 1.82) is 0 Å². The van der Waals surface area contributed by atoms with E-state index >= 15 is 0 Å². The fraction of sp³-hybridized carbons (Fsp3) is 0.700. The van der Waals surface area contributed by atoms with E-state index in [2.05, 4.69) is 19.5 Å². The molecule has 22 heavy (non-hydrogen) atoms. The Bertz CT molecular complexity index is 533. The number of carbonyl (C=O) groups is 1. The van der Waals surface area contributed by atoms with Gasteiger partial charge in [0.15, 0.2) is 0 Å². The van der Waals surface area contributed by atoms with E-state index in [-0.39, 0.29) is 31.8 Å². The summed E-state index contributed by atoms with van der Waals surface area (Å²) in [6.07, 6.45) is -9.63. The number of hydrogen-bond acceptors (Lipinski definition) is 6.